The first-order chi connectivity index (χ1) is 14.7. The molecule has 1 aliphatic carbocycles. The highest BCUT2D eigenvalue weighted by molar-refractivity contribution is 6.31. The molecular formula is C24H30N2O4. The van der Waals surface area contributed by atoms with Gasteiger partial charge in [0.1, 0.15) is 0 Å². The Labute approximate surface area is 178 Å². The standard InChI is InChI=1S/C24H30N2O4/c1-3-13-29-15-11-25-19-9-10-20(26-12-16-30-14-4-2)22-21(19)23(27)17-7-5-6-8-18(17)24(22)28/h5-10,25-26H,3-4,11-16H2,1-2H3. The van der Waals surface area contributed by atoms with Gasteiger partial charge in [0.05, 0.1) is 24.3 Å². The van der Waals surface area contributed by atoms with Gasteiger partial charge in [-0.05, 0) is 25.0 Å². The molecular weight excluding hydrogens is 380 g/mol. The molecule has 3 rings (SSSR count). The molecule has 0 saturated carbocycles. The lowest BCUT2D eigenvalue weighted by Crippen LogP contribution is -2.25. The smallest absolute Gasteiger partial charge is 0.196 e. The average molecular weight is 411 g/mol. The number of ether oxygens (including phenoxy) is 2. The second-order valence-electron chi connectivity index (χ2n) is 7.19. The van der Waals surface area contributed by atoms with Gasteiger partial charge in [0.25, 0.3) is 0 Å². The Morgan fingerprint density at radius 1 is 0.667 bits per heavy atom. The van der Waals surface area contributed by atoms with E-state index in [1.165, 1.54) is 0 Å². The molecule has 0 aliphatic heterocycles. The summed E-state index contributed by atoms with van der Waals surface area (Å²) in [5.41, 5.74) is 3.06. The van der Waals surface area contributed by atoms with E-state index in [1.807, 2.05) is 12.1 Å². The number of hydrogen-bond donors (Lipinski definition) is 2. The number of nitrogens with one attached hydrogen (secondary N) is 2. The molecule has 0 bridgehead atoms. The zero-order chi connectivity index (χ0) is 21.3. The van der Waals surface area contributed by atoms with E-state index in [1.54, 1.807) is 24.3 Å². The summed E-state index contributed by atoms with van der Waals surface area (Å²) in [5.74, 6) is -0.272. The fourth-order valence-electron chi connectivity index (χ4n) is 3.53. The third-order valence-electron chi connectivity index (χ3n) is 4.90. The monoisotopic (exact) mass is 410 g/mol. The summed E-state index contributed by atoms with van der Waals surface area (Å²) in [7, 11) is 0. The third-order valence-corrected chi connectivity index (χ3v) is 4.90. The highest BCUT2D eigenvalue weighted by atomic mass is 16.5. The topological polar surface area (TPSA) is 76.7 Å². The van der Waals surface area contributed by atoms with Crippen LogP contribution in [0.25, 0.3) is 0 Å². The SMILES string of the molecule is CCCOCCNc1ccc(NCCOCCC)c2c1C(=O)c1ccccc1C2=O. The molecule has 1 aliphatic rings. The van der Waals surface area contributed by atoms with Gasteiger partial charge in [-0.1, -0.05) is 38.1 Å². The van der Waals surface area contributed by atoms with Crippen LogP contribution in [0.4, 0.5) is 11.4 Å². The van der Waals surface area contributed by atoms with Crippen LogP contribution < -0.4 is 10.6 Å². The van der Waals surface area contributed by atoms with E-state index in [0.29, 0.717) is 73.1 Å². The number of benzene rings is 2. The quantitative estimate of drug-likeness (QED) is 0.437. The summed E-state index contributed by atoms with van der Waals surface area (Å²) in [6.45, 7) is 7.72. The largest absolute Gasteiger partial charge is 0.382 e. The van der Waals surface area contributed by atoms with Crippen LogP contribution >= 0.6 is 0 Å². The van der Waals surface area contributed by atoms with E-state index in [2.05, 4.69) is 24.5 Å². The first-order valence-corrected chi connectivity index (χ1v) is 10.7. The Hall–Kier alpha value is -2.70. The second-order valence-corrected chi connectivity index (χ2v) is 7.19. The minimum atomic E-state index is -0.136. The van der Waals surface area contributed by atoms with Crippen LogP contribution in [-0.4, -0.2) is 51.1 Å². The lowest BCUT2D eigenvalue weighted by Gasteiger charge is -2.24. The third kappa shape index (κ3) is 4.89. The molecule has 30 heavy (non-hydrogen) atoms. The molecule has 6 heteroatoms. The van der Waals surface area contributed by atoms with E-state index in [4.69, 9.17) is 9.47 Å². The molecule has 0 fully saturated rings. The lowest BCUT2D eigenvalue weighted by molar-refractivity contribution is 0.0980. The van der Waals surface area contributed by atoms with Crippen molar-refractivity contribution in [3.63, 3.8) is 0 Å². The fraction of sp³-hybridized carbons (Fsp3) is 0.417. The van der Waals surface area contributed by atoms with Gasteiger partial charge in [-0.3, -0.25) is 9.59 Å². The molecule has 0 amide bonds. The molecule has 0 heterocycles. The summed E-state index contributed by atoms with van der Waals surface area (Å²) in [4.78, 5) is 26.6. The number of anilines is 2. The van der Waals surface area contributed by atoms with Gasteiger partial charge in [0.15, 0.2) is 11.6 Å². The Balaban J connectivity index is 1.88. The molecule has 2 N–H and O–H groups in total. The number of carbonyl (C=O) groups excluding carboxylic acids is 2. The first kappa shape index (κ1) is 22.0. The van der Waals surface area contributed by atoms with E-state index < -0.39 is 0 Å². The predicted octanol–water partition coefficient (Wildman–Crippen LogP) is 4.14. The van der Waals surface area contributed by atoms with Crippen molar-refractivity contribution in [3.8, 4) is 0 Å². The van der Waals surface area contributed by atoms with Gasteiger partial charge < -0.3 is 20.1 Å². The molecule has 2 aromatic rings. The van der Waals surface area contributed by atoms with Crippen molar-refractivity contribution in [2.45, 2.75) is 26.7 Å². The normalized spacial score (nSPS) is 12.5. The number of fused-ring (bicyclic) bond motifs is 2. The van der Waals surface area contributed by atoms with Gasteiger partial charge in [0, 0.05) is 48.8 Å². The minimum absolute atomic E-state index is 0.136. The molecule has 0 unspecified atom stereocenters. The molecule has 0 saturated heterocycles. The Morgan fingerprint density at radius 2 is 1.10 bits per heavy atom. The number of carbonyl (C=O) groups is 2. The van der Waals surface area contributed by atoms with Crippen molar-refractivity contribution in [2.24, 2.45) is 0 Å². The first-order valence-electron chi connectivity index (χ1n) is 10.7. The summed E-state index contributed by atoms with van der Waals surface area (Å²) >= 11 is 0. The number of hydrogen-bond acceptors (Lipinski definition) is 6. The van der Waals surface area contributed by atoms with Crippen LogP contribution in [0.1, 0.15) is 58.5 Å². The maximum atomic E-state index is 13.3. The van der Waals surface area contributed by atoms with Crippen molar-refractivity contribution < 1.29 is 19.1 Å². The summed E-state index contributed by atoms with van der Waals surface area (Å²) in [6, 6.07) is 10.7. The lowest BCUT2D eigenvalue weighted by atomic mass is 9.82. The van der Waals surface area contributed by atoms with Gasteiger partial charge in [-0.2, -0.15) is 0 Å². The van der Waals surface area contributed by atoms with Crippen LogP contribution in [0.2, 0.25) is 0 Å². The van der Waals surface area contributed by atoms with E-state index in [9.17, 15) is 9.59 Å². The number of ketones is 2. The molecule has 0 atom stereocenters. The Bertz CT molecular complexity index is 823. The maximum Gasteiger partial charge on any atom is 0.196 e. The van der Waals surface area contributed by atoms with Crippen LogP contribution in [0.5, 0.6) is 0 Å². The van der Waals surface area contributed by atoms with Crippen LogP contribution in [0, 0.1) is 0 Å². The average Bonchev–Trinajstić information content (AvgIpc) is 2.77. The number of rotatable bonds is 12. The molecule has 6 nitrogen and oxygen atoms in total. The molecule has 2 aromatic carbocycles. The van der Waals surface area contributed by atoms with Crippen molar-refractivity contribution in [1.29, 1.82) is 0 Å². The van der Waals surface area contributed by atoms with Gasteiger partial charge in [-0.15, -0.1) is 0 Å². The van der Waals surface area contributed by atoms with Crippen molar-refractivity contribution in [2.75, 3.05) is 50.2 Å². The summed E-state index contributed by atoms with van der Waals surface area (Å²) in [5, 5.41) is 6.55. The van der Waals surface area contributed by atoms with Crippen LogP contribution in [0.3, 0.4) is 0 Å². The van der Waals surface area contributed by atoms with E-state index in [-0.39, 0.29) is 11.6 Å². The second kappa shape index (κ2) is 10.9. The molecule has 0 spiro atoms. The van der Waals surface area contributed by atoms with Gasteiger partial charge in [0.2, 0.25) is 0 Å². The maximum absolute atomic E-state index is 13.3. The van der Waals surface area contributed by atoms with Crippen molar-refractivity contribution >= 4 is 22.9 Å². The Kier molecular flexibility index (Phi) is 7.99. The summed E-state index contributed by atoms with van der Waals surface area (Å²) < 4.78 is 11.0. The van der Waals surface area contributed by atoms with Crippen molar-refractivity contribution in [3.05, 3.63) is 58.7 Å². The summed E-state index contributed by atoms with van der Waals surface area (Å²) in [6.07, 6.45) is 1.92. The highest BCUT2D eigenvalue weighted by Crippen LogP contribution is 2.36. The zero-order valence-electron chi connectivity index (χ0n) is 17.8. The van der Waals surface area contributed by atoms with Crippen molar-refractivity contribution in [1.82, 2.24) is 0 Å². The zero-order valence-corrected chi connectivity index (χ0v) is 17.8. The molecule has 0 aromatic heterocycles. The fourth-order valence-corrected chi connectivity index (χ4v) is 3.53. The molecule has 160 valence electrons. The van der Waals surface area contributed by atoms with E-state index >= 15 is 0 Å². The van der Waals surface area contributed by atoms with Gasteiger partial charge in [-0.25, -0.2) is 0 Å². The highest BCUT2D eigenvalue weighted by Gasteiger charge is 2.33. The minimum Gasteiger partial charge on any atom is -0.382 e. The van der Waals surface area contributed by atoms with Gasteiger partial charge >= 0.3 is 0 Å². The van der Waals surface area contributed by atoms with Crippen LogP contribution in [0.15, 0.2) is 36.4 Å². The predicted molar refractivity (Wildman–Crippen MR) is 119 cm³/mol. The van der Waals surface area contributed by atoms with E-state index in [0.717, 1.165) is 12.8 Å². The Morgan fingerprint density at radius 3 is 1.50 bits per heavy atom. The van der Waals surface area contributed by atoms with Crippen LogP contribution in [-0.2, 0) is 9.47 Å². The molecule has 0 radical (unpaired) electrons.